The number of rotatable bonds is 3. The van der Waals surface area contributed by atoms with Gasteiger partial charge in [0.15, 0.2) is 0 Å². The summed E-state index contributed by atoms with van der Waals surface area (Å²) >= 11 is 0. The Morgan fingerprint density at radius 2 is 1.18 bits per heavy atom. The molecular weight excluding hydrogens is 242 g/mol. The Morgan fingerprint density at radius 1 is 0.824 bits per heavy atom. The van der Waals surface area contributed by atoms with Gasteiger partial charge in [0.05, 0.1) is 0 Å². The number of hydrogen-bond donors (Lipinski definition) is 0. The Balaban J connectivity index is 4.74. The fraction of sp³-hybridized carbons (Fsp3) is 1.00. The first-order valence-electron chi connectivity index (χ1n) is 6.78. The first-order valence-corrected chi connectivity index (χ1v) is 9.47. The highest BCUT2D eigenvalue weighted by Crippen LogP contribution is 2.66. The zero-order chi connectivity index (χ0) is 14.1. The Bertz CT molecular complexity index is 211. The van der Waals surface area contributed by atoms with E-state index in [0.717, 1.165) is 14.0 Å². The van der Waals surface area contributed by atoms with Crippen LogP contribution in [0.25, 0.3) is 0 Å². The molecule has 0 amide bonds. The molecule has 0 aromatic carbocycles. The third-order valence-electron chi connectivity index (χ3n) is 2.76. The minimum atomic E-state index is 0.0553. The Kier molecular flexibility index (Phi) is 6.18. The van der Waals surface area contributed by atoms with E-state index in [0.29, 0.717) is 15.7 Å². The van der Waals surface area contributed by atoms with Gasteiger partial charge < -0.3 is 0 Å². The van der Waals surface area contributed by atoms with E-state index in [4.69, 9.17) is 0 Å². The molecule has 0 radical (unpaired) electrons. The summed E-state index contributed by atoms with van der Waals surface area (Å²) in [6, 6.07) is 0. The lowest BCUT2D eigenvalue weighted by Crippen LogP contribution is -2.29. The first kappa shape index (κ1) is 17.9. The molecule has 0 nitrogen and oxygen atoms in total. The van der Waals surface area contributed by atoms with Gasteiger partial charge in [-0.05, 0) is 27.3 Å². The van der Waals surface area contributed by atoms with Crippen LogP contribution in [0.3, 0.4) is 0 Å². The number of hydrogen-bond acceptors (Lipinski definition) is 0. The topological polar surface area (TPSA) is 0 Å². The second-order valence-electron chi connectivity index (χ2n) is 8.33. The average molecular weight is 276 g/mol. The van der Waals surface area contributed by atoms with Crippen LogP contribution in [0.5, 0.6) is 0 Å². The predicted molar refractivity (Wildman–Crippen MR) is 88.5 cm³/mol. The van der Waals surface area contributed by atoms with Crippen molar-refractivity contribution in [2.75, 3.05) is 6.16 Å². The van der Waals surface area contributed by atoms with Crippen molar-refractivity contribution >= 4 is 16.5 Å². The second kappa shape index (κ2) is 5.88. The summed E-state index contributed by atoms with van der Waals surface area (Å²) in [5.41, 5.74) is 0.490. The summed E-state index contributed by atoms with van der Waals surface area (Å²) in [6.07, 6.45) is 1.37. The van der Waals surface area contributed by atoms with E-state index in [9.17, 15) is 0 Å². The molecule has 0 spiro atoms. The van der Waals surface area contributed by atoms with Crippen molar-refractivity contribution in [1.82, 2.24) is 0 Å². The van der Waals surface area contributed by atoms with E-state index in [-0.39, 0.29) is 7.92 Å². The van der Waals surface area contributed by atoms with Crippen molar-refractivity contribution in [2.45, 2.75) is 84.9 Å². The lowest BCUT2D eigenvalue weighted by Gasteiger charge is -2.46. The Labute approximate surface area is 113 Å². The standard InChI is InChI=1S/C15H34P2/c1-12(16-11-13(2,3)4)17(14(5,6)7)15(8,9)10/h12,16H,11H2,1-10H3. The molecule has 17 heavy (non-hydrogen) atoms. The SMILES string of the molecule is CC(PCC(C)(C)C)P(C(C)(C)C)C(C)(C)C. The summed E-state index contributed by atoms with van der Waals surface area (Å²) in [5.74, 6) is 0. The van der Waals surface area contributed by atoms with E-state index >= 15 is 0 Å². The summed E-state index contributed by atoms with van der Waals surface area (Å²) in [6.45, 7) is 24.2. The summed E-state index contributed by atoms with van der Waals surface area (Å²) in [5, 5.41) is 1.83. The van der Waals surface area contributed by atoms with Crippen molar-refractivity contribution in [1.29, 1.82) is 0 Å². The fourth-order valence-corrected chi connectivity index (χ4v) is 11.3. The maximum atomic E-state index is 2.49. The monoisotopic (exact) mass is 276 g/mol. The lowest BCUT2D eigenvalue weighted by atomic mass is 10.0. The van der Waals surface area contributed by atoms with Gasteiger partial charge in [0.2, 0.25) is 0 Å². The summed E-state index contributed by atoms with van der Waals surface area (Å²) < 4.78 is 0. The molecule has 0 rings (SSSR count). The predicted octanol–water partition coefficient (Wildman–Crippen LogP) is 6.14. The van der Waals surface area contributed by atoms with Gasteiger partial charge in [0, 0.05) is 0 Å². The molecule has 0 aromatic rings. The highest BCUT2D eigenvalue weighted by atomic mass is 31.2. The molecule has 0 aliphatic heterocycles. The van der Waals surface area contributed by atoms with Gasteiger partial charge in [0.25, 0.3) is 0 Å². The molecular formula is C15H34P2. The van der Waals surface area contributed by atoms with Crippen LogP contribution in [-0.4, -0.2) is 21.9 Å². The highest BCUT2D eigenvalue weighted by molar-refractivity contribution is 7.71. The van der Waals surface area contributed by atoms with E-state index < -0.39 is 0 Å². The highest BCUT2D eigenvalue weighted by Gasteiger charge is 2.37. The van der Waals surface area contributed by atoms with Gasteiger partial charge in [0.1, 0.15) is 0 Å². The second-order valence-corrected chi connectivity index (χ2v) is 14.6. The largest absolute Gasteiger partial charge is 0.114 e. The molecule has 0 saturated heterocycles. The van der Waals surface area contributed by atoms with Gasteiger partial charge in [-0.25, -0.2) is 0 Å². The maximum absolute atomic E-state index is 2.49. The molecule has 104 valence electrons. The van der Waals surface area contributed by atoms with Crippen molar-refractivity contribution in [3.8, 4) is 0 Å². The maximum Gasteiger partial charge on any atom is -0.00523 e. The molecule has 0 bridgehead atoms. The molecule has 0 fully saturated rings. The van der Waals surface area contributed by atoms with Crippen LogP contribution in [0.1, 0.15) is 69.2 Å². The van der Waals surface area contributed by atoms with Gasteiger partial charge in [-0.3, -0.25) is 0 Å². The molecule has 0 saturated carbocycles. The minimum absolute atomic E-state index is 0.0553. The van der Waals surface area contributed by atoms with Crippen LogP contribution in [0.15, 0.2) is 0 Å². The van der Waals surface area contributed by atoms with Crippen LogP contribution in [-0.2, 0) is 0 Å². The van der Waals surface area contributed by atoms with Gasteiger partial charge in [-0.15, -0.1) is 8.58 Å². The molecule has 0 aromatic heterocycles. The Hall–Kier alpha value is 0.860. The van der Waals surface area contributed by atoms with E-state index in [2.05, 4.69) is 69.2 Å². The van der Waals surface area contributed by atoms with Gasteiger partial charge >= 0.3 is 0 Å². The minimum Gasteiger partial charge on any atom is -0.114 e. The first-order chi connectivity index (χ1) is 7.25. The molecule has 0 aliphatic carbocycles. The van der Waals surface area contributed by atoms with Crippen molar-refractivity contribution in [3.63, 3.8) is 0 Å². The molecule has 0 aliphatic rings. The van der Waals surface area contributed by atoms with Gasteiger partial charge in [-0.1, -0.05) is 77.2 Å². The molecule has 2 atom stereocenters. The molecule has 2 unspecified atom stereocenters. The van der Waals surface area contributed by atoms with Crippen LogP contribution in [0.4, 0.5) is 0 Å². The smallest absolute Gasteiger partial charge is 0.00523 e. The zero-order valence-electron chi connectivity index (χ0n) is 13.7. The van der Waals surface area contributed by atoms with Crippen LogP contribution in [0.2, 0.25) is 0 Å². The average Bonchev–Trinajstić information content (AvgIpc) is 1.93. The molecule has 0 heterocycles. The van der Waals surface area contributed by atoms with Crippen LogP contribution < -0.4 is 0 Å². The van der Waals surface area contributed by atoms with E-state index in [1.165, 1.54) is 6.16 Å². The lowest BCUT2D eigenvalue weighted by molar-refractivity contribution is 0.478. The molecule has 2 heteroatoms. The third-order valence-corrected chi connectivity index (χ3v) is 9.60. The van der Waals surface area contributed by atoms with Crippen LogP contribution >= 0.6 is 16.5 Å². The van der Waals surface area contributed by atoms with Crippen LogP contribution in [0, 0.1) is 5.41 Å². The summed E-state index contributed by atoms with van der Waals surface area (Å²) in [7, 11) is 1.17. The van der Waals surface area contributed by atoms with E-state index in [1.807, 2.05) is 0 Å². The van der Waals surface area contributed by atoms with E-state index in [1.54, 1.807) is 0 Å². The third kappa shape index (κ3) is 7.12. The van der Waals surface area contributed by atoms with Crippen molar-refractivity contribution < 1.29 is 0 Å². The normalized spacial score (nSPS) is 17.1. The van der Waals surface area contributed by atoms with Gasteiger partial charge in [-0.2, -0.15) is 0 Å². The Morgan fingerprint density at radius 3 is 1.41 bits per heavy atom. The zero-order valence-corrected chi connectivity index (χ0v) is 15.6. The van der Waals surface area contributed by atoms with Crippen molar-refractivity contribution in [3.05, 3.63) is 0 Å². The van der Waals surface area contributed by atoms with Crippen molar-refractivity contribution in [2.24, 2.45) is 5.41 Å². The molecule has 0 N–H and O–H groups in total. The summed E-state index contributed by atoms with van der Waals surface area (Å²) in [4.78, 5) is 0. The fourth-order valence-electron chi connectivity index (χ4n) is 2.71. The quantitative estimate of drug-likeness (QED) is 0.543.